The predicted molar refractivity (Wildman–Crippen MR) is 108 cm³/mol. The van der Waals surface area contributed by atoms with E-state index in [2.05, 4.69) is 21.6 Å². The number of hydrogen-bond acceptors (Lipinski definition) is 6. The van der Waals surface area contributed by atoms with Crippen molar-refractivity contribution in [3.63, 3.8) is 0 Å². The van der Waals surface area contributed by atoms with Gasteiger partial charge < -0.3 is 9.80 Å². The lowest BCUT2D eigenvalue weighted by Crippen LogP contribution is -2.44. The second kappa shape index (κ2) is 8.26. The molecular weight excluding hydrogens is 380 g/mol. The van der Waals surface area contributed by atoms with E-state index in [-0.39, 0.29) is 17.1 Å². The Morgan fingerprint density at radius 2 is 1.71 bits per heavy atom. The number of anilines is 1. The fourth-order valence-corrected chi connectivity index (χ4v) is 4.42. The largest absolute Gasteiger partial charge is 0.369 e. The number of non-ortho nitro benzene ring substituents is 1. The van der Waals surface area contributed by atoms with E-state index in [0.29, 0.717) is 5.56 Å². The van der Waals surface area contributed by atoms with E-state index in [1.54, 1.807) is 6.92 Å². The van der Waals surface area contributed by atoms with Crippen LogP contribution in [-0.2, 0) is 16.6 Å². The summed E-state index contributed by atoms with van der Waals surface area (Å²) < 4.78 is 27.7. The summed E-state index contributed by atoms with van der Waals surface area (Å²) in [6.45, 7) is 5.70. The van der Waals surface area contributed by atoms with Gasteiger partial charge in [0, 0.05) is 50.5 Å². The molecule has 1 heterocycles. The topological polar surface area (TPSA) is 95.8 Å². The molecule has 0 aromatic heterocycles. The first-order chi connectivity index (χ1) is 13.3. The van der Waals surface area contributed by atoms with Gasteiger partial charge in [0.05, 0.1) is 9.82 Å². The van der Waals surface area contributed by atoms with Crippen LogP contribution >= 0.6 is 0 Å². The molecule has 1 saturated heterocycles. The van der Waals surface area contributed by atoms with E-state index >= 15 is 0 Å². The third-order valence-corrected chi connectivity index (χ3v) is 6.49. The molecule has 2 aromatic carbocycles. The van der Waals surface area contributed by atoms with Crippen molar-refractivity contribution in [3.05, 3.63) is 63.7 Å². The number of sulfonamides is 1. The van der Waals surface area contributed by atoms with Crippen molar-refractivity contribution in [2.24, 2.45) is 0 Å². The van der Waals surface area contributed by atoms with Gasteiger partial charge in [0.2, 0.25) is 10.0 Å². The maximum atomic E-state index is 12.6. The van der Waals surface area contributed by atoms with Crippen LogP contribution in [0.5, 0.6) is 0 Å². The number of nitrogens with one attached hydrogen (secondary N) is 1. The van der Waals surface area contributed by atoms with Gasteiger partial charge in [0.1, 0.15) is 0 Å². The Labute approximate surface area is 165 Å². The van der Waals surface area contributed by atoms with Crippen LogP contribution < -0.4 is 9.62 Å². The highest BCUT2D eigenvalue weighted by Gasteiger charge is 2.20. The highest BCUT2D eigenvalue weighted by atomic mass is 32.2. The summed E-state index contributed by atoms with van der Waals surface area (Å²) in [7, 11) is -1.75. The first kappa shape index (κ1) is 20.2. The molecule has 3 rings (SSSR count). The van der Waals surface area contributed by atoms with Crippen molar-refractivity contribution in [2.45, 2.75) is 18.4 Å². The van der Waals surface area contributed by atoms with Crippen LogP contribution in [-0.4, -0.2) is 51.5 Å². The summed E-state index contributed by atoms with van der Waals surface area (Å²) in [5, 5.41) is 10.9. The number of benzene rings is 2. The molecule has 0 atom stereocenters. The van der Waals surface area contributed by atoms with Gasteiger partial charge in [-0.3, -0.25) is 10.1 Å². The van der Waals surface area contributed by atoms with Crippen molar-refractivity contribution in [2.75, 3.05) is 38.1 Å². The molecule has 1 N–H and O–H groups in total. The van der Waals surface area contributed by atoms with Gasteiger partial charge in [0.25, 0.3) is 5.69 Å². The van der Waals surface area contributed by atoms with Crippen LogP contribution in [0.15, 0.2) is 47.4 Å². The minimum Gasteiger partial charge on any atom is -0.369 e. The van der Waals surface area contributed by atoms with Crippen molar-refractivity contribution >= 4 is 21.4 Å². The van der Waals surface area contributed by atoms with Gasteiger partial charge in [-0.1, -0.05) is 18.2 Å². The Kier molecular flexibility index (Phi) is 5.97. The van der Waals surface area contributed by atoms with Gasteiger partial charge in [-0.05, 0) is 37.2 Å². The average Bonchev–Trinajstić information content (AvgIpc) is 2.67. The minimum absolute atomic E-state index is 0.0734. The van der Waals surface area contributed by atoms with Crippen LogP contribution in [0.2, 0.25) is 0 Å². The lowest BCUT2D eigenvalue weighted by molar-refractivity contribution is -0.385. The molecule has 2 aromatic rings. The molecule has 0 radical (unpaired) electrons. The summed E-state index contributed by atoms with van der Waals surface area (Å²) in [6, 6.07) is 11.6. The normalized spacial score (nSPS) is 15.6. The van der Waals surface area contributed by atoms with Crippen molar-refractivity contribution < 1.29 is 13.3 Å². The number of piperazine rings is 1. The fourth-order valence-electron chi connectivity index (χ4n) is 3.14. The molecule has 0 saturated carbocycles. The smallest absolute Gasteiger partial charge is 0.270 e. The highest BCUT2D eigenvalue weighted by Crippen LogP contribution is 2.22. The van der Waals surface area contributed by atoms with Crippen LogP contribution in [0.4, 0.5) is 11.4 Å². The van der Waals surface area contributed by atoms with Crippen molar-refractivity contribution in [1.29, 1.82) is 0 Å². The second-order valence-electron chi connectivity index (χ2n) is 6.99. The quantitative estimate of drug-likeness (QED) is 0.585. The maximum Gasteiger partial charge on any atom is 0.270 e. The lowest BCUT2D eigenvalue weighted by Gasteiger charge is -2.34. The molecule has 28 heavy (non-hydrogen) atoms. The molecule has 0 bridgehead atoms. The average molecular weight is 404 g/mol. The molecule has 1 fully saturated rings. The Balaban J connectivity index is 1.68. The Morgan fingerprint density at radius 3 is 2.32 bits per heavy atom. The maximum absolute atomic E-state index is 12.6. The highest BCUT2D eigenvalue weighted by molar-refractivity contribution is 7.89. The van der Waals surface area contributed by atoms with E-state index in [9.17, 15) is 18.5 Å². The molecule has 0 aliphatic carbocycles. The van der Waals surface area contributed by atoms with Gasteiger partial charge in [-0.15, -0.1) is 0 Å². The standard InChI is InChI=1S/C19H24N4O4S/c1-15-3-6-18(23(24)25)13-19(15)28(26,27)20-14-16-4-7-17(8-5-16)22-11-9-21(2)10-12-22/h3-8,13,20H,9-12,14H2,1-2H3. The summed E-state index contributed by atoms with van der Waals surface area (Å²) in [6.07, 6.45) is 0. The van der Waals surface area contributed by atoms with E-state index in [1.165, 1.54) is 12.1 Å². The fraction of sp³-hybridized carbons (Fsp3) is 0.368. The Morgan fingerprint density at radius 1 is 1.07 bits per heavy atom. The molecule has 0 unspecified atom stereocenters. The molecule has 150 valence electrons. The zero-order valence-corrected chi connectivity index (χ0v) is 16.8. The van der Waals surface area contributed by atoms with Crippen LogP contribution in [0, 0.1) is 17.0 Å². The minimum atomic E-state index is -3.85. The Hall–Kier alpha value is -2.49. The van der Waals surface area contributed by atoms with Gasteiger partial charge in [0.15, 0.2) is 0 Å². The van der Waals surface area contributed by atoms with Gasteiger partial charge in [-0.2, -0.15) is 0 Å². The summed E-state index contributed by atoms with van der Waals surface area (Å²) in [5.41, 5.74) is 2.16. The molecule has 8 nitrogen and oxygen atoms in total. The van der Waals surface area contributed by atoms with Crippen molar-refractivity contribution in [1.82, 2.24) is 9.62 Å². The van der Waals surface area contributed by atoms with E-state index < -0.39 is 14.9 Å². The van der Waals surface area contributed by atoms with Crippen LogP contribution in [0.3, 0.4) is 0 Å². The van der Waals surface area contributed by atoms with Gasteiger partial charge >= 0.3 is 0 Å². The number of aryl methyl sites for hydroxylation is 1. The molecule has 1 aliphatic heterocycles. The molecule has 0 amide bonds. The van der Waals surface area contributed by atoms with Crippen LogP contribution in [0.1, 0.15) is 11.1 Å². The molecule has 1 aliphatic rings. The number of hydrogen-bond donors (Lipinski definition) is 1. The number of nitro groups is 1. The third kappa shape index (κ3) is 4.67. The molecular formula is C19H24N4O4S. The van der Waals surface area contributed by atoms with Crippen LogP contribution in [0.25, 0.3) is 0 Å². The number of rotatable bonds is 6. The third-order valence-electron chi connectivity index (χ3n) is 4.94. The molecule has 0 spiro atoms. The van der Waals surface area contributed by atoms with E-state index in [4.69, 9.17) is 0 Å². The molecule has 9 heteroatoms. The first-order valence-electron chi connectivity index (χ1n) is 9.03. The van der Waals surface area contributed by atoms with E-state index in [0.717, 1.165) is 43.5 Å². The Bertz CT molecular complexity index is 952. The second-order valence-corrected chi connectivity index (χ2v) is 8.72. The van der Waals surface area contributed by atoms with Gasteiger partial charge in [-0.25, -0.2) is 13.1 Å². The number of likely N-dealkylation sites (N-methyl/N-ethyl adjacent to an activating group) is 1. The summed E-state index contributed by atoms with van der Waals surface area (Å²) >= 11 is 0. The lowest BCUT2D eigenvalue weighted by atomic mass is 10.2. The monoisotopic (exact) mass is 404 g/mol. The first-order valence-corrected chi connectivity index (χ1v) is 10.5. The number of nitro benzene ring substituents is 1. The zero-order chi connectivity index (χ0) is 20.3. The zero-order valence-electron chi connectivity index (χ0n) is 16.0. The number of nitrogens with zero attached hydrogens (tertiary/aromatic N) is 3. The van der Waals surface area contributed by atoms with Crippen molar-refractivity contribution in [3.8, 4) is 0 Å². The predicted octanol–water partition coefficient (Wildman–Crippen LogP) is 2.13. The SMILES string of the molecule is Cc1ccc([N+](=O)[O-])cc1S(=O)(=O)NCc1ccc(N2CCN(C)CC2)cc1. The summed E-state index contributed by atoms with van der Waals surface area (Å²) in [5.74, 6) is 0. The summed E-state index contributed by atoms with van der Waals surface area (Å²) in [4.78, 5) is 14.9. The van der Waals surface area contributed by atoms with E-state index in [1.807, 2.05) is 24.3 Å².